The van der Waals surface area contributed by atoms with E-state index in [2.05, 4.69) is 41.4 Å². The number of hydrogen-bond acceptors (Lipinski definition) is 3. The molecular weight excluding hydrogens is 388 g/mol. The molecule has 0 radical (unpaired) electrons. The van der Waals surface area contributed by atoms with Crippen molar-refractivity contribution in [2.24, 2.45) is 17.8 Å². The van der Waals surface area contributed by atoms with Crippen molar-refractivity contribution in [3.05, 3.63) is 35.4 Å². The van der Waals surface area contributed by atoms with Crippen LogP contribution in [0.15, 0.2) is 24.3 Å². The van der Waals surface area contributed by atoms with Gasteiger partial charge in [-0.2, -0.15) is 0 Å². The lowest BCUT2D eigenvalue weighted by molar-refractivity contribution is -0.138. The summed E-state index contributed by atoms with van der Waals surface area (Å²) in [7, 11) is 3.56. The number of amides is 3. The number of urea groups is 1. The summed E-state index contributed by atoms with van der Waals surface area (Å²) in [5.74, 6) is 1.37. The van der Waals surface area contributed by atoms with Crippen LogP contribution in [0, 0.1) is 24.7 Å². The fourth-order valence-corrected chi connectivity index (χ4v) is 5.30. The third kappa shape index (κ3) is 4.10. The predicted molar refractivity (Wildman–Crippen MR) is 116 cm³/mol. The van der Waals surface area contributed by atoms with Gasteiger partial charge in [0.2, 0.25) is 5.91 Å². The minimum absolute atomic E-state index is 0. The molecule has 3 saturated heterocycles. The molecule has 6 nitrogen and oxygen atoms in total. The largest absolute Gasteiger partial charge is 0.335 e. The van der Waals surface area contributed by atoms with Crippen LogP contribution in [-0.4, -0.2) is 73.5 Å². The Balaban J connectivity index is 0.00000240. The van der Waals surface area contributed by atoms with Gasteiger partial charge in [-0.3, -0.25) is 4.79 Å². The van der Waals surface area contributed by atoms with Crippen molar-refractivity contribution in [2.75, 3.05) is 46.8 Å². The predicted octanol–water partition coefficient (Wildman–Crippen LogP) is 2.53. The summed E-state index contributed by atoms with van der Waals surface area (Å²) >= 11 is 0. The van der Waals surface area contributed by atoms with Crippen LogP contribution in [0.1, 0.15) is 30.0 Å². The van der Waals surface area contributed by atoms with Crippen molar-refractivity contribution in [2.45, 2.75) is 25.8 Å². The number of hydrogen-bond donors (Lipinski definition) is 1. The minimum Gasteiger partial charge on any atom is -0.335 e. The lowest BCUT2D eigenvalue weighted by Crippen LogP contribution is -2.47. The molecule has 1 aromatic carbocycles. The highest BCUT2D eigenvalue weighted by atomic mass is 35.5. The highest BCUT2D eigenvalue weighted by molar-refractivity contribution is 5.85. The molecule has 3 amide bonds. The summed E-state index contributed by atoms with van der Waals surface area (Å²) in [4.78, 5) is 31.4. The van der Waals surface area contributed by atoms with Crippen molar-refractivity contribution in [1.82, 2.24) is 20.0 Å². The molecule has 29 heavy (non-hydrogen) atoms. The molecule has 0 saturated carbocycles. The molecule has 1 aromatic rings. The zero-order valence-corrected chi connectivity index (χ0v) is 18.5. The first-order valence-corrected chi connectivity index (χ1v) is 10.5. The molecule has 4 rings (SSSR count). The van der Waals surface area contributed by atoms with Gasteiger partial charge in [-0.05, 0) is 36.8 Å². The number of benzene rings is 1. The summed E-state index contributed by atoms with van der Waals surface area (Å²) in [6, 6.07) is 8.73. The van der Waals surface area contributed by atoms with E-state index in [0.717, 1.165) is 32.5 Å². The fourth-order valence-electron chi connectivity index (χ4n) is 5.30. The molecule has 7 heteroatoms. The van der Waals surface area contributed by atoms with Crippen LogP contribution < -0.4 is 5.32 Å². The molecule has 0 bridgehead atoms. The van der Waals surface area contributed by atoms with E-state index in [1.54, 1.807) is 19.0 Å². The first kappa shape index (κ1) is 21.9. The van der Waals surface area contributed by atoms with Crippen LogP contribution in [-0.2, 0) is 4.79 Å². The molecule has 3 aliphatic rings. The zero-order valence-electron chi connectivity index (χ0n) is 17.6. The van der Waals surface area contributed by atoms with Crippen molar-refractivity contribution >= 4 is 24.3 Å². The fraction of sp³-hybridized carbons (Fsp3) is 0.636. The van der Waals surface area contributed by atoms with Gasteiger partial charge in [0, 0.05) is 58.7 Å². The smallest absolute Gasteiger partial charge is 0.319 e. The molecule has 3 aliphatic heterocycles. The van der Waals surface area contributed by atoms with E-state index in [-0.39, 0.29) is 30.4 Å². The topological polar surface area (TPSA) is 55.9 Å². The second kappa shape index (κ2) is 8.92. The minimum atomic E-state index is 0. The van der Waals surface area contributed by atoms with Crippen LogP contribution in [0.3, 0.4) is 0 Å². The average Bonchev–Trinajstić information content (AvgIpc) is 3.29. The Kier molecular flexibility index (Phi) is 6.74. The van der Waals surface area contributed by atoms with Gasteiger partial charge in [0.1, 0.15) is 0 Å². The monoisotopic (exact) mass is 420 g/mol. The Labute approximate surface area is 180 Å². The van der Waals surface area contributed by atoms with Gasteiger partial charge >= 0.3 is 6.03 Å². The van der Waals surface area contributed by atoms with E-state index < -0.39 is 0 Å². The lowest BCUT2D eigenvalue weighted by Gasteiger charge is -2.37. The molecule has 0 unspecified atom stereocenters. The van der Waals surface area contributed by atoms with Crippen LogP contribution in [0.2, 0.25) is 0 Å². The number of rotatable bonds is 2. The van der Waals surface area contributed by atoms with Gasteiger partial charge in [0.25, 0.3) is 0 Å². The summed E-state index contributed by atoms with van der Waals surface area (Å²) in [6.07, 6.45) is 1.53. The maximum atomic E-state index is 13.5. The van der Waals surface area contributed by atoms with Crippen molar-refractivity contribution in [1.29, 1.82) is 0 Å². The van der Waals surface area contributed by atoms with E-state index >= 15 is 0 Å². The lowest BCUT2D eigenvalue weighted by atomic mass is 9.87. The van der Waals surface area contributed by atoms with Gasteiger partial charge in [0.05, 0.1) is 6.04 Å². The van der Waals surface area contributed by atoms with E-state index in [1.807, 2.05) is 4.90 Å². The number of nitrogens with zero attached hydrogens (tertiary/aromatic N) is 3. The van der Waals surface area contributed by atoms with Gasteiger partial charge in [0.15, 0.2) is 0 Å². The zero-order chi connectivity index (χ0) is 19.8. The van der Waals surface area contributed by atoms with Crippen molar-refractivity contribution in [3.8, 4) is 0 Å². The van der Waals surface area contributed by atoms with Gasteiger partial charge < -0.3 is 20.0 Å². The summed E-state index contributed by atoms with van der Waals surface area (Å²) < 4.78 is 0. The maximum absolute atomic E-state index is 13.5. The third-order valence-electron chi connectivity index (χ3n) is 6.85. The second-order valence-corrected chi connectivity index (χ2v) is 8.81. The Morgan fingerprint density at radius 2 is 1.79 bits per heavy atom. The second-order valence-electron chi connectivity index (χ2n) is 8.81. The number of likely N-dealkylation sites (tertiary alicyclic amines) is 2. The number of fused-ring (bicyclic) bond motifs is 1. The van der Waals surface area contributed by atoms with Crippen molar-refractivity contribution < 1.29 is 9.59 Å². The van der Waals surface area contributed by atoms with Crippen LogP contribution in [0.4, 0.5) is 4.79 Å². The molecular formula is C22H33ClN4O2. The molecule has 3 fully saturated rings. The number of nitrogens with one attached hydrogen (secondary N) is 1. The van der Waals surface area contributed by atoms with Crippen LogP contribution >= 0.6 is 12.4 Å². The maximum Gasteiger partial charge on any atom is 0.319 e. The van der Waals surface area contributed by atoms with Gasteiger partial charge in [-0.25, -0.2) is 4.79 Å². The van der Waals surface area contributed by atoms with E-state index in [1.165, 1.54) is 11.1 Å². The quantitative estimate of drug-likeness (QED) is 0.799. The van der Waals surface area contributed by atoms with Crippen molar-refractivity contribution in [3.63, 3.8) is 0 Å². The van der Waals surface area contributed by atoms with Crippen LogP contribution in [0.25, 0.3) is 0 Å². The standard InChI is InChI=1S/C22H32N4O2.ClH/c1-15-6-4-5-7-18(15)20-19-13-23-12-17(19)14-26(20)21(27)16-8-10-25(11-9-16)22(28)24(2)3;/h4-7,16-17,19-20,23H,8-14H2,1-3H3;1H/t17-,19-,20-;/m0./s1. The SMILES string of the molecule is Cc1ccccc1[C@H]1[C@H]2CNC[C@H]2CN1C(=O)C1CCN(C(=O)N(C)C)CC1.Cl. The van der Waals surface area contributed by atoms with E-state index in [0.29, 0.717) is 30.8 Å². The summed E-state index contributed by atoms with van der Waals surface area (Å²) in [6.45, 7) is 6.34. The first-order valence-electron chi connectivity index (χ1n) is 10.5. The van der Waals surface area contributed by atoms with Gasteiger partial charge in [-0.1, -0.05) is 24.3 Å². The Hall–Kier alpha value is -1.79. The summed E-state index contributed by atoms with van der Waals surface area (Å²) in [5.41, 5.74) is 2.57. The number of carbonyl (C=O) groups is 2. The molecule has 160 valence electrons. The molecule has 3 heterocycles. The third-order valence-corrected chi connectivity index (χ3v) is 6.85. The number of aryl methyl sites for hydroxylation is 1. The average molecular weight is 421 g/mol. The number of halogens is 1. The van der Waals surface area contributed by atoms with E-state index in [9.17, 15) is 9.59 Å². The molecule has 0 spiro atoms. The molecule has 3 atom stereocenters. The normalized spacial score (nSPS) is 26.8. The molecule has 0 aromatic heterocycles. The highest BCUT2D eigenvalue weighted by Crippen LogP contribution is 2.44. The Bertz CT molecular complexity index is 748. The van der Waals surface area contributed by atoms with E-state index in [4.69, 9.17) is 0 Å². The Morgan fingerprint density at radius 1 is 1.10 bits per heavy atom. The number of carbonyl (C=O) groups excluding carboxylic acids is 2. The highest BCUT2D eigenvalue weighted by Gasteiger charge is 2.48. The molecule has 0 aliphatic carbocycles. The van der Waals surface area contributed by atoms with Gasteiger partial charge in [-0.15, -0.1) is 12.4 Å². The van der Waals surface area contributed by atoms with Crippen LogP contribution in [0.5, 0.6) is 0 Å². The number of piperidine rings is 1. The first-order chi connectivity index (χ1) is 13.5. The molecule has 1 N–H and O–H groups in total. The summed E-state index contributed by atoms with van der Waals surface area (Å²) in [5, 5.41) is 3.52. The Morgan fingerprint density at radius 3 is 2.45 bits per heavy atom.